The molecule has 2 rings (SSSR count). The number of fused-ring (bicyclic) bond motifs is 1. The maximum absolute atomic E-state index is 5.65. The van der Waals surface area contributed by atoms with E-state index in [0.29, 0.717) is 19.1 Å². The van der Waals surface area contributed by atoms with Crippen LogP contribution >= 0.6 is 0 Å². The average Bonchev–Trinajstić information content (AvgIpc) is 2.27. The second kappa shape index (κ2) is 3.91. The number of benzene rings is 1. The van der Waals surface area contributed by atoms with Crippen LogP contribution in [0.2, 0.25) is 0 Å². The topological polar surface area (TPSA) is 18.5 Å². The lowest BCUT2D eigenvalue weighted by atomic mass is 9.97. The first-order valence-electron chi connectivity index (χ1n) is 5.21. The maximum Gasteiger partial charge on any atom is 0.164 e. The van der Waals surface area contributed by atoms with Gasteiger partial charge in [0.1, 0.15) is 13.2 Å². The van der Waals surface area contributed by atoms with Crippen LogP contribution in [0.15, 0.2) is 18.2 Å². The van der Waals surface area contributed by atoms with Gasteiger partial charge in [0.15, 0.2) is 11.5 Å². The van der Waals surface area contributed by atoms with Crippen molar-refractivity contribution in [2.75, 3.05) is 13.2 Å². The highest BCUT2D eigenvalue weighted by Crippen LogP contribution is 2.38. The zero-order valence-electron chi connectivity index (χ0n) is 8.75. The van der Waals surface area contributed by atoms with Gasteiger partial charge in [-0.15, -0.1) is 0 Å². The molecule has 1 aliphatic heterocycles. The van der Waals surface area contributed by atoms with E-state index in [2.05, 4.69) is 19.9 Å². The molecule has 0 fully saturated rings. The lowest BCUT2D eigenvalue weighted by Crippen LogP contribution is -2.16. The number of hydrogen-bond donors (Lipinski definition) is 0. The minimum atomic E-state index is 0.534. The summed E-state index contributed by atoms with van der Waals surface area (Å²) < 4.78 is 11.2. The molecule has 0 radical (unpaired) electrons. The Kier molecular flexibility index (Phi) is 2.62. The molecule has 1 atom stereocenters. The minimum absolute atomic E-state index is 0.534. The van der Waals surface area contributed by atoms with Gasteiger partial charge in [-0.2, -0.15) is 0 Å². The van der Waals surface area contributed by atoms with Gasteiger partial charge in [0.25, 0.3) is 0 Å². The molecular formula is C12H16O2. The zero-order chi connectivity index (χ0) is 9.97. The molecule has 0 N–H and O–H groups in total. The molecule has 0 saturated carbocycles. The molecule has 0 spiro atoms. The predicted molar refractivity (Wildman–Crippen MR) is 56.1 cm³/mol. The Morgan fingerprint density at radius 3 is 2.86 bits per heavy atom. The van der Waals surface area contributed by atoms with Gasteiger partial charge >= 0.3 is 0 Å². The Morgan fingerprint density at radius 1 is 1.29 bits per heavy atom. The third kappa shape index (κ3) is 1.57. The van der Waals surface area contributed by atoms with Gasteiger partial charge in [-0.05, 0) is 18.4 Å². The van der Waals surface area contributed by atoms with E-state index in [1.807, 2.05) is 12.1 Å². The number of hydrogen-bond acceptors (Lipinski definition) is 2. The SMILES string of the molecule is CCC(C)c1cccc2c1OCCO2. The molecule has 0 amide bonds. The molecular weight excluding hydrogens is 176 g/mol. The number of para-hydroxylation sites is 1. The first-order valence-corrected chi connectivity index (χ1v) is 5.21. The lowest BCUT2D eigenvalue weighted by molar-refractivity contribution is 0.169. The molecule has 1 aromatic rings. The molecule has 1 aliphatic rings. The van der Waals surface area contributed by atoms with Gasteiger partial charge in [0, 0.05) is 5.56 Å². The molecule has 14 heavy (non-hydrogen) atoms. The van der Waals surface area contributed by atoms with E-state index >= 15 is 0 Å². The molecule has 0 bridgehead atoms. The standard InChI is InChI=1S/C12H16O2/c1-3-9(2)10-5-4-6-11-12(10)14-8-7-13-11/h4-6,9H,3,7-8H2,1-2H3. The van der Waals surface area contributed by atoms with Gasteiger partial charge in [-0.25, -0.2) is 0 Å². The molecule has 0 saturated heterocycles. The summed E-state index contributed by atoms with van der Waals surface area (Å²) in [6.07, 6.45) is 1.12. The van der Waals surface area contributed by atoms with Gasteiger partial charge in [0.2, 0.25) is 0 Å². The summed E-state index contributed by atoms with van der Waals surface area (Å²) in [5.74, 6) is 2.38. The zero-order valence-corrected chi connectivity index (χ0v) is 8.75. The van der Waals surface area contributed by atoms with Gasteiger partial charge in [-0.1, -0.05) is 26.0 Å². The van der Waals surface area contributed by atoms with Crippen molar-refractivity contribution in [2.24, 2.45) is 0 Å². The minimum Gasteiger partial charge on any atom is -0.486 e. The summed E-state index contributed by atoms with van der Waals surface area (Å²) in [5, 5.41) is 0. The fourth-order valence-corrected chi connectivity index (χ4v) is 1.70. The molecule has 0 aliphatic carbocycles. The van der Waals surface area contributed by atoms with E-state index in [4.69, 9.17) is 9.47 Å². The van der Waals surface area contributed by atoms with Crippen molar-refractivity contribution in [1.29, 1.82) is 0 Å². The van der Waals surface area contributed by atoms with Crippen LogP contribution in [0.5, 0.6) is 11.5 Å². The summed E-state index contributed by atoms with van der Waals surface area (Å²) in [5.41, 5.74) is 1.27. The third-order valence-corrected chi connectivity index (χ3v) is 2.74. The van der Waals surface area contributed by atoms with E-state index in [-0.39, 0.29) is 0 Å². The molecule has 2 nitrogen and oxygen atoms in total. The Hall–Kier alpha value is -1.18. The van der Waals surface area contributed by atoms with E-state index in [1.165, 1.54) is 5.56 Å². The molecule has 1 heterocycles. The average molecular weight is 192 g/mol. The summed E-state index contributed by atoms with van der Waals surface area (Å²) >= 11 is 0. The monoisotopic (exact) mass is 192 g/mol. The van der Waals surface area contributed by atoms with Crippen molar-refractivity contribution in [3.8, 4) is 11.5 Å². The van der Waals surface area contributed by atoms with Crippen molar-refractivity contribution in [3.05, 3.63) is 23.8 Å². The molecule has 0 aromatic heterocycles. The van der Waals surface area contributed by atoms with Crippen LogP contribution in [0.1, 0.15) is 31.7 Å². The predicted octanol–water partition coefficient (Wildman–Crippen LogP) is 2.97. The summed E-state index contributed by atoms with van der Waals surface area (Å²) in [6.45, 7) is 5.73. The van der Waals surface area contributed by atoms with Crippen molar-refractivity contribution >= 4 is 0 Å². The van der Waals surface area contributed by atoms with Crippen LogP contribution in [0, 0.1) is 0 Å². The quantitative estimate of drug-likeness (QED) is 0.717. The second-order valence-corrected chi connectivity index (χ2v) is 3.68. The van der Waals surface area contributed by atoms with Crippen molar-refractivity contribution in [3.63, 3.8) is 0 Å². The van der Waals surface area contributed by atoms with Crippen molar-refractivity contribution in [1.82, 2.24) is 0 Å². The molecule has 1 unspecified atom stereocenters. The van der Waals surface area contributed by atoms with Crippen LogP contribution in [0.3, 0.4) is 0 Å². The summed E-state index contributed by atoms with van der Waals surface area (Å²) in [6, 6.07) is 6.14. The van der Waals surface area contributed by atoms with Crippen LogP contribution in [0.4, 0.5) is 0 Å². The highest BCUT2D eigenvalue weighted by atomic mass is 16.6. The van der Waals surface area contributed by atoms with Crippen molar-refractivity contribution in [2.45, 2.75) is 26.2 Å². The fourth-order valence-electron chi connectivity index (χ4n) is 1.70. The van der Waals surface area contributed by atoms with Crippen molar-refractivity contribution < 1.29 is 9.47 Å². The highest BCUT2D eigenvalue weighted by molar-refractivity contribution is 5.48. The first kappa shape index (κ1) is 9.38. The van der Waals surface area contributed by atoms with Crippen LogP contribution < -0.4 is 9.47 Å². The van der Waals surface area contributed by atoms with Gasteiger partial charge in [-0.3, -0.25) is 0 Å². The van der Waals surface area contributed by atoms with Crippen LogP contribution in [0.25, 0.3) is 0 Å². The third-order valence-electron chi connectivity index (χ3n) is 2.74. The van der Waals surface area contributed by atoms with E-state index in [9.17, 15) is 0 Å². The maximum atomic E-state index is 5.65. The summed E-state index contributed by atoms with van der Waals surface area (Å²) in [7, 11) is 0. The largest absolute Gasteiger partial charge is 0.486 e. The Labute approximate surface area is 84.8 Å². The van der Waals surface area contributed by atoms with Crippen LogP contribution in [-0.2, 0) is 0 Å². The summed E-state index contributed by atoms with van der Waals surface area (Å²) in [4.78, 5) is 0. The highest BCUT2D eigenvalue weighted by Gasteiger charge is 2.17. The normalized spacial score (nSPS) is 16.4. The Balaban J connectivity index is 2.39. The second-order valence-electron chi connectivity index (χ2n) is 3.68. The van der Waals surface area contributed by atoms with E-state index < -0.39 is 0 Å². The molecule has 2 heteroatoms. The van der Waals surface area contributed by atoms with E-state index in [1.54, 1.807) is 0 Å². The molecule has 1 aromatic carbocycles. The van der Waals surface area contributed by atoms with Gasteiger partial charge < -0.3 is 9.47 Å². The Bertz CT molecular complexity index is 320. The fraction of sp³-hybridized carbons (Fsp3) is 0.500. The first-order chi connectivity index (χ1) is 6.83. The molecule has 76 valence electrons. The number of ether oxygens (including phenoxy) is 2. The van der Waals surface area contributed by atoms with Crippen LogP contribution in [-0.4, -0.2) is 13.2 Å². The number of rotatable bonds is 2. The Morgan fingerprint density at radius 2 is 2.07 bits per heavy atom. The van der Waals surface area contributed by atoms with Gasteiger partial charge in [0.05, 0.1) is 0 Å². The lowest BCUT2D eigenvalue weighted by Gasteiger charge is -2.23. The van der Waals surface area contributed by atoms with E-state index in [0.717, 1.165) is 17.9 Å². The smallest absolute Gasteiger partial charge is 0.164 e.